The summed E-state index contributed by atoms with van der Waals surface area (Å²) in [6.45, 7) is 2.82. The van der Waals surface area contributed by atoms with Crippen molar-refractivity contribution in [3.8, 4) is 0 Å². The molecule has 0 saturated heterocycles. The Morgan fingerprint density at radius 3 is 1.28 bits per heavy atom. The minimum atomic E-state index is -4.71. The molecule has 11 nitrogen and oxygen atoms in total. The lowest BCUT2D eigenvalue weighted by atomic mass is 10.0. The quantitative estimate of drug-likeness (QED) is 0.0230. The Kier molecular flexibility index (Phi) is 40.6. The third-order valence-electron chi connectivity index (χ3n) is 10.5. The first kappa shape index (κ1) is 56.2. The van der Waals surface area contributed by atoms with Crippen LogP contribution in [0.15, 0.2) is 12.2 Å². The molecule has 0 heterocycles. The predicted octanol–water partition coefficient (Wildman–Crippen LogP) is 12.8. The summed E-state index contributed by atoms with van der Waals surface area (Å²) in [6.07, 6.45) is 42.7. The first-order valence-electron chi connectivity index (χ1n) is 23.7. The molecule has 0 aromatic carbocycles. The Morgan fingerprint density at radius 1 is 0.517 bits per heavy atom. The molecular weight excluding hydrogens is 757 g/mol. The fourth-order valence-electron chi connectivity index (χ4n) is 6.77. The third-order valence-corrected chi connectivity index (χ3v) is 11.5. The molecule has 58 heavy (non-hydrogen) atoms. The van der Waals surface area contributed by atoms with Crippen LogP contribution >= 0.6 is 7.82 Å². The minimum absolute atomic E-state index is 0.167. The van der Waals surface area contributed by atoms with Gasteiger partial charge in [-0.3, -0.25) is 23.4 Å². The number of phosphoric acid groups is 1. The average Bonchev–Trinajstić information content (AvgIpc) is 3.20. The van der Waals surface area contributed by atoms with Crippen LogP contribution in [-0.2, 0) is 37.5 Å². The number of allylic oxidation sites excluding steroid dienone is 2. The van der Waals surface area contributed by atoms with Crippen molar-refractivity contribution in [2.24, 2.45) is 5.73 Å². The van der Waals surface area contributed by atoms with Gasteiger partial charge in [0, 0.05) is 12.8 Å². The van der Waals surface area contributed by atoms with Crippen LogP contribution in [0.2, 0.25) is 0 Å². The van der Waals surface area contributed by atoms with Crippen LogP contribution in [0.1, 0.15) is 232 Å². The zero-order valence-corrected chi connectivity index (χ0v) is 38.1. The van der Waals surface area contributed by atoms with Crippen LogP contribution in [0.4, 0.5) is 0 Å². The number of ether oxygens (including phenoxy) is 2. The molecule has 0 aromatic rings. The summed E-state index contributed by atoms with van der Waals surface area (Å²) in [5, 5.41) is 8.90. The SMILES string of the molecule is CCCCCC/C=C/CCCCCCCCCC(=O)OC[C@H](COP(=O)(O)OC[C@H](N)C(=O)O)OC(=O)CCCCCCCCCCCCCCCCCCCCC. The number of hydrogen-bond donors (Lipinski definition) is 3. The Labute approximate surface area is 354 Å². The standard InChI is InChI=1S/C46H88NO10P/c1-3-5-7-9-11-13-15-17-19-20-21-22-24-26-28-30-32-34-36-38-45(49)57-42(40-55-58(52,53)56-41-43(47)46(50)51)39-54-44(48)37-35-33-31-29-27-25-23-18-16-14-12-10-8-6-4-2/h14,16,42-43H,3-13,15,17-41,47H2,1-2H3,(H,50,51)(H,52,53)/b16-14+/t42-,43+/m1/s1. The molecule has 3 atom stereocenters. The summed E-state index contributed by atoms with van der Waals surface area (Å²) >= 11 is 0. The molecule has 0 amide bonds. The maximum absolute atomic E-state index is 12.7. The van der Waals surface area contributed by atoms with Crippen molar-refractivity contribution >= 4 is 25.7 Å². The number of nitrogens with two attached hydrogens (primary N) is 1. The number of rotatable bonds is 45. The van der Waals surface area contributed by atoms with Crippen molar-refractivity contribution in [2.75, 3.05) is 19.8 Å². The van der Waals surface area contributed by atoms with E-state index in [0.717, 1.165) is 44.9 Å². The Hall–Kier alpha value is -1.78. The largest absolute Gasteiger partial charge is 0.480 e. The zero-order valence-electron chi connectivity index (χ0n) is 37.2. The fraction of sp³-hybridized carbons (Fsp3) is 0.891. The minimum Gasteiger partial charge on any atom is -0.480 e. The van der Waals surface area contributed by atoms with E-state index in [-0.39, 0.29) is 19.4 Å². The first-order chi connectivity index (χ1) is 28.1. The molecular formula is C46H88NO10P. The number of hydrogen-bond acceptors (Lipinski definition) is 9. The van der Waals surface area contributed by atoms with E-state index in [2.05, 4.69) is 30.5 Å². The van der Waals surface area contributed by atoms with Gasteiger partial charge in [-0.15, -0.1) is 0 Å². The summed E-state index contributed by atoms with van der Waals surface area (Å²) in [6, 6.07) is -1.52. The summed E-state index contributed by atoms with van der Waals surface area (Å²) in [7, 11) is -4.71. The summed E-state index contributed by atoms with van der Waals surface area (Å²) in [4.78, 5) is 46.0. The van der Waals surface area contributed by atoms with Crippen molar-refractivity contribution in [1.82, 2.24) is 0 Å². The third kappa shape index (κ3) is 41.0. The van der Waals surface area contributed by atoms with Gasteiger partial charge in [0.05, 0.1) is 13.2 Å². The lowest BCUT2D eigenvalue weighted by Gasteiger charge is -2.20. The van der Waals surface area contributed by atoms with Gasteiger partial charge in [0.15, 0.2) is 6.10 Å². The molecule has 0 aromatic heterocycles. The molecule has 0 radical (unpaired) electrons. The molecule has 0 aliphatic heterocycles. The zero-order chi connectivity index (χ0) is 42.8. The van der Waals surface area contributed by atoms with E-state index in [0.29, 0.717) is 12.8 Å². The van der Waals surface area contributed by atoms with Gasteiger partial charge in [0.2, 0.25) is 0 Å². The van der Waals surface area contributed by atoms with E-state index in [1.165, 1.54) is 148 Å². The molecule has 0 rings (SSSR count). The van der Waals surface area contributed by atoms with E-state index in [9.17, 15) is 23.8 Å². The van der Waals surface area contributed by atoms with Gasteiger partial charge in [0.25, 0.3) is 0 Å². The highest BCUT2D eigenvalue weighted by Gasteiger charge is 2.28. The van der Waals surface area contributed by atoms with E-state index in [1.807, 2.05) is 0 Å². The lowest BCUT2D eigenvalue weighted by Crippen LogP contribution is -2.34. The van der Waals surface area contributed by atoms with Gasteiger partial charge in [-0.2, -0.15) is 0 Å². The second-order valence-electron chi connectivity index (χ2n) is 16.2. The van der Waals surface area contributed by atoms with E-state index >= 15 is 0 Å². The highest BCUT2D eigenvalue weighted by atomic mass is 31.2. The molecule has 1 unspecified atom stereocenters. The molecule has 0 fully saturated rings. The van der Waals surface area contributed by atoms with Crippen molar-refractivity contribution < 1.29 is 47.5 Å². The number of unbranched alkanes of at least 4 members (excludes halogenated alkanes) is 29. The molecule has 0 aliphatic rings. The van der Waals surface area contributed by atoms with Crippen LogP contribution < -0.4 is 5.73 Å². The van der Waals surface area contributed by atoms with Gasteiger partial charge in [-0.1, -0.05) is 193 Å². The highest BCUT2D eigenvalue weighted by Crippen LogP contribution is 2.43. The lowest BCUT2D eigenvalue weighted by molar-refractivity contribution is -0.161. The number of phosphoric ester groups is 1. The van der Waals surface area contributed by atoms with Gasteiger partial charge in [0.1, 0.15) is 12.6 Å². The maximum Gasteiger partial charge on any atom is 0.472 e. The topological polar surface area (TPSA) is 172 Å². The van der Waals surface area contributed by atoms with Gasteiger partial charge in [-0.05, 0) is 38.5 Å². The first-order valence-corrected chi connectivity index (χ1v) is 25.2. The number of esters is 2. The number of carboxylic acids is 1. The molecule has 0 bridgehead atoms. The number of carboxylic acid groups (broad SMARTS) is 1. The normalized spacial score (nSPS) is 13.7. The number of aliphatic carboxylic acids is 1. The Balaban J connectivity index is 4.26. The number of carbonyl (C=O) groups excluding carboxylic acids is 2. The highest BCUT2D eigenvalue weighted by molar-refractivity contribution is 7.47. The molecule has 342 valence electrons. The van der Waals surface area contributed by atoms with Crippen LogP contribution in [0.25, 0.3) is 0 Å². The Bertz CT molecular complexity index is 1040. The smallest absolute Gasteiger partial charge is 0.472 e. The monoisotopic (exact) mass is 846 g/mol. The van der Waals surface area contributed by atoms with Crippen LogP contribution in [0.5, 0.6) is 0 Å². The van der Waals surface area contributed by atoms with E-state index in [4.69, 9.17) is 24.8 Å². The Morgan fingerprint density at radius 2 is 0.862 bits per heavy atom. The number of carbonyl (C=O) groups is 3. The van der Waals surface area contributed by atoms with Crippen LogP contribution in [0.3, 0.4) is 0 Å². The molecule has 12 heteroatoms. The van der Waals surface area contributed by atoms with Crippen LogP contribution in [0, 0.1) is 0 Å². The molecule has 4 N–H and O–H groups in total. The molecule has 0 saturated carbocycles. The second kappa shape index (κ2) is 41.9. The van der Waals surface area contributed by atoms with Gasteiger partial charge < -0.3 is 25.2 Å². The van der Waals surface area contributed by atoms with Gasteiger partial charge >= 0.3 is 25.7 Å². The van der Waals surface area contributed by atoms with Gasteiger partial charge in [-0.25, -0.2) is 4.57 Å². The molecule has 0 aliphatic carbocycles. The summed E-state index contributed by atoms with van der Waals surface area (Å²) < 4.78 is 32.8. The fourth-order valence-corrected chi connectivity index (χ4v) is 7.55. The summed E-state index contributed by atoms with van der Waals surface area (Å²) in [5.41, 5.74) is 5.34. The van der Waals surface area contributed by atoms with Crippen molar-refractivity contribution in [3.05, 3.63) is 12.2 Å². The second-order valence-corrected chi connectivity index (χ2v) is 17.7. The van der Waals surface area contributed by atoms with Crippen molar-refractivity contribution in [1.29, 1.82) is 0 Å². The summed E-state index contributed by atoms with van der Waals surface area (Å²) in [5.74, 6) is -2.37. The predicted molar refractivity (Wildman–Crippen MR) is 236 cm³/mol. The van der Waals surface area contributed by atoms with E-state index < -0.39 is 51.1 Å². The van der Waals surface area contributed by atoms with Crippen molar-refractivity contribution in [3.63, 3.8) is 0 Å². The van der Waals surface area contributed by atoms with Crippen LogP contribution in [-0.4, -0.2) is 59.9 Å². The maximum atomic E-state index is 12.7. The molecule has 0 spiro atoms. The van der Waals surface area contributed by atoms with E-state index in [1.54, 1.807) is 0 Å². The van der Waals surface area contributed by atoms with Crippen molar-refractivity contribution in [2.45, 2.75) is 244 Å². The average molecular weight is 846 g/mol.